The van der Waals surface area contributed by atoms with Gasteiger partial charge >= 0.3 is 0 Å². The van der Waals surface area contributed by atoms with Crippen molar-refractivity contribution in [3.05, 3.63) is 36.4 Å². The molecule has 2 rings (SSSR count). The standard InChI is InChI=1S/C10H10N2S/c11-8-4-2-1-3-7(8)9-5-6-10(12)13-9/h1-6H,11-12H2. The summed E-state index contributed by atoms with van der Waals surface area (Å²) in [6.45, 7) is 0. The van der Waals surface area contributed by atoms with E-state index < -0.39 is 0 Å². The third-order valence-electron chi connectivity index (χ3n) is 1.85. The lowest BCUT2D eigenvalue weighted by Gasteiger charge is -2.00. The Balaban J connectivity index is 2.52. The Morgan fingerprint density at radius 3 is 2.31 bits per heavy atom. The van der Waals surface area contributed by atoms with Crippen LogP contribution in [-0.4, -0.2) is 0 Å². The number of rotatable bonds is 1. The van der Waals surface area contributed by atoms with Gasteiger partial charge in [0.05, 0.1) is 5.00 Å². The molecule has 0 aliphatic rings. The smallest absolute Gasteiger partial charge is 0.0862 e. The van der Waals surface area contributed by atoms with Gasteiger partial charge in [0, 0.05) is 16.1 Å². The van der Waals surface area contributed by atoms with Gasteiger partial charge in [-0.1, -0.05) is 18.2 Å². The van der Waals surface area contributed by atoms with Gasteiger partial charge in [0.1, 0.15) is 0 Å². The number of hydrogen-bond donors (Lipinski definition) is 2. The quantitative estimate of drug-likeness (QED) is 0.679. The molecule has 0 spiro atoms. The summed E-state index contributed by atoms with van der Waals surface area (Å²) >= 11 is 1.55. The van der Waals surface area contributed by atoms with Crippen molar-refractivity contribution in [2.75, 3.05) is 11.5 Å². The molecule has 0 fully saturated rings. The van der Waals surface area contributed by atoms with Crippen molar-refractivity contribution in [1.29, 1.82) is 0 Å². The van der Waals surface area contributed by atoms with Crippen molar-refractivity contribution in [3.63, 3.8) is 0 Å². The van der Waals surface area contributed by atoms with E-state index in [4.69, 9.17) is 11.5 Å². The van der Waals surface area contributed by atoms with E-state index in [1.807, 2.05) is 36.4 Å². The summed E-state index contributed by atoms with van der Waals surface area (Å²) in [4.78, 5) is 1.12. The van der Waals surface area contributed by atoms with Crippen LogP contribution in [0.25, 0.3) is 10.4 Å². The van der Waals surface area contributed by atoms with Gasteiger partial charge in [-0.15, -0.1) is 11.3 Å². The average molecular weight is 190 g/mol. The Morgan fingerprint density at radius 2 is 1.69 bits per heavy atom. The van der Waals surface area contributed by atoms with Crippen molar-refractivity contribution in [2.45, 2.75) is 0 Å². The molecule has 0 aliphatic carbocycles. The van der Waals surface area contributed by atoms with Gasteiger partial charge < -0.3 is 11.5 Å². The van der Waals surface area contributed by atoms with Gasteiger partial charge in [-0.05, 0) is 18.2 Å². The van der Waals surface area contributed by atoms with Gasteiger partial charge in [-0.3, -0.25) is 0 Å². The molecule has 4 N–H and O–H groups in total. The minimum atomic E-state index is 0.796. The molecule has 0 saturated heterocycles. The lowest BCUT2D eigenvalue weighted by atomic mass is 10.1. The minimum absolute atomic E-state index is 0.796. The minimum Gasteiger partial charge on any atom is -0.398 e. The molecule has 0 bridgehead atoms. The normalized spacial score (nSPS) is 10.2. The van der Waals surface area contributed by atoms with Crippen molar-refractivity contribution in [2.24, 2.45) is 0 Å². The highest BCUT2D eigenvalue weighted by Gasteiger charge is 2.03. The first kappa shape index (κ1) is 8.13. The van der Waals surface area contributed by atoms with Gasteiger partial charge in [-0.2, -0.15) is 0 Å². The van der Waals surface area contributed by atoms with E-state index in [9.17, 15) is 0 Å². The monoisotopic (exact) mass is 190 g/mol. The summed E-state index contributed by atoms with van der Waals surface area (Å²) in [6, 6.07) is 11.7. The molecule has 0 aliphatic heterocycles. The highest BCUT2D eigenvalue weighted by atomic mass is 32.1. The molecule has 1 aromatic carbocycles. The van der Waals surface area contributed by atoms with E-state index >= 15 is 0 Å². The average Bonchev–Trinajstić information content (AvgIpc) is 2.53. The number of benzene rings is 1. The SMILES string of the molecule is Nc1ccc(-c2ccccc2N)s1. The molecule has 66 valence electrons. The molecule has 1 heterocycles. The summed E-state index contributed by atoms with van der Waals surface area (Å²) < 4.78 is 0. The van der Waals surface area contributed by atoms with Gasteiger partial charge in [-0.25, -0.2) is 0 Å². The fourth-order valence-electron chi connectivity index (χ4n) is 1.22. The number of hydrogen-bond acceptors (Lipinski definition) is 3. The summed E-state index contributed by atoms with van der Waals surface area (Å²) in [6.07, 6.45) is 0. The van der Waals surface area contributed by atoms with Crippen LogP contribution in [0.5, 0.6) is 0 Å². The molecular formula is C10H10N2S. The van der Waals surface area contributed by atoms with Crippen LogP contribution in [0.4, 0.5) is 10.7 Å². The largest absolute Gasteiger partial charge is 0.398 e. The Kier molecular flexibility index (Phi) is 1.94. The predicted octanol–water partition coefficient (Wildman–Crippen LogP) is 2.58. The molecule has 0 amide bonds. The van der Waals surface area contributed by atoms with Crippen molar-refractivity contribution >= 4 is 22.0 Å². The Morgan fingerprint density at radius 1 is 0.923 bits per heavy atom. The Bertz CT molecular complexity index is 420. The zero-order valence-corrected chi connectivity index (χ0v) is 7.84. The van der Waals surface area contributed by atoms with Crippen LogP contribution >= 0.6 is 11.3 Å². The highest BCUT2D eigenvalue weighted by molar-refractivity contribution is 7.19. The lowest BCUT2D eigenvalue weighted by molar-refractivity contribution is 1.68. The van der Waals surface area contributed by atoms with Crippen LogP contribution in [0.1, 0.15) is 0 Å². The predicted molar refractivity (Wildman–Crippen MR) is 58.6 cm³/mol. The van der Waals surface area contributed by atoms with Crippen LogP contribution in [0.15, 0.2) is 36.4 Å². The second-order valence-electron chi connectivity index (χ2n) is 2.79. The summed E-state index contributed by atoms with van der Waals surface area (Å²) in [7, 11) is 0. The zero-order chi connectivity index (χ0) is 9.26. The maximum absolute atomic E-state index is 5.83. The molecule has 0 radical (unpaired) electrons. The summed E-state index contributed by atoms with van der Waals surface area (Å²) in [5.41, 5.74) is 13.3. The van der Waals surface area contributed by atoms with Crippen LogP contribution in [-0.2, 0) is 0 Å². The Hall–Kier alpha value is -1.48. The summed E-state index contributed by atoms with van der Waals surface area (Å²) in [5, 5.41) is 0.818. The van der Waals surface area contributed by atoms with E-state index in [0.29, 0.717) is 0 Å². The Labute approximate surface area is 80.8 Å². The second-order valence-corrected chi connectivity index (χ2v) is 3.90. The number of nitrogen functional groups attached to an aromatic ring is 2. The third kappa shape index (κ3) is 1.51. The molecule has 2 nitrogen and oxygen atoms in total. The molecule has 0 atom stereocenters. The maximum atomic E-state index is 5.83. The van der Waals surface area contributed by atoms with Gasteiger partial charge in [0.2, 0.25) is 0 Å². The number of thiophene rings is 1. The molecule has 13 heavy (non-hydrogen) atoms. The van der Waals surface area contributed by atoms with E-state index in [0.717, 1.165) is 21.1 Å². The van der Waals surface area contributed by atoms with E-state index in [1.54, 1.807) is 11.3 Å². The molecule has 0 unspecified atom stereocenters. The lowest BCUT2D eigenvalue weighted by Crippen LogP contribution is -1.86. The van der Waals surface area contributed by atoms with Crippen LogP contribution in [0.2, 0.25) is 0 Å². The first-order valence-electron chi connectivity index (χ1n) is 3.97. The first-order chi connectivity index (χ1) is 6.27. The van der Waals surface area contributed by atoms with Crippen molar-refractivity contribution in [1.82, 2.24) is 0 Å². The van der Waals surface area contributed by atoms with Crippen LogP contribution < -0.4 is 11.5 Å². The van der Waals surface area contributed by atoms with Gasteiger partial charge in [0.25, 0.3) is 0 Å². The van der Waals surface area contributed by atoms with Gasteiger partial charge in [0.15, 0.2) is 0 Å². The molecule has 3 heteroatoms. The van der Waals surface area contributed by atoms with Crippen molar-refractivity contribution < 1.29 is 0 Å². The third-order valence-corrected chi connectivity index (χ3v) is 2.80. The zero-order valence-electron chi connectivity index (χ0n) is 7.03. The van der Waals surface area contributed by atoms with E-state index in [2.05, 4.69) is 0 Å². The number of anilines is 2. The van der Waals surface area contributed by atoms with Crippen LogP contribution in [0, 0.1) is 0 Å². The van der Waals surface area contributed by atoms with Crippen molar-refractivity contribution in [3.8, 4) is 10.4 Å². The number of para-hydroxylation sites is 1. The second kappa shape index (κ2) is 3.11. The van der Waals surface area contributed by atoms with Crippen LogP contribution in [0.3, 0.4) is 0 Å². The van der Waals surface area contributed by atoms with E-state index in [1.165, 1.54) is 0 Å². The summed E-state index contributed by atoms with van der Waals surface area (Å²) in [5.74, 6) is 0. The number of nitrogens with two attached hydrogens (primary N) is 2. The fraction of sp³-hybridized carbons (Fsp3) is 0. The first-order valence-corrected chi connectivity index (χ1v) is 4.79. The molecular weight excluding hydrogens is 180 g/mol. The highest BCUT2D eigenvalue weighted by Crippen LogP contribution is 2.32. The molecule has 0 saturated carbocycles. The van der Waals surface area contributed by atoms with E-state index in [-0.39, 0.29) is 0 Å². The molecule has 1 aromatic heterocycles. The maximum Gasteiger partial charge on any atom is 0.0862 e. The molecule has 2 aromatic rings. The fourth-order valence-corrected chi connectivity index (χ4v) is 2.04. The topological polar surface area (TPSA) is 52.0 Å².